The molecule has 1 aliphatic carbocycles. The van der Waals surface area contributed by atoms with Gasteiger partial charge in [-0.3, -0.25) is 0 Å². The lowest BCUT2D eigenvalue weighted by Crippen LogP contribution is -2.21. The Hall–Kier alpha value is -2.22. The Labute approximate surface area is 131 Å². The average Bonchev–Trinajstić information content (AvgIpc) is 3.06. The van der Waals surface area contributed by atoms with Gasteiger partial charge in [0.05, 0.1) is 5.69 Å². The van der Waals surface area contributed by atoms with Gasteiger partial charge in [-0.05, 0) is 49.6 Å². The molecular weight excluding hydrogens is 268 g/mol. The Kier molecular flexibility index (Phi) is 3.00. The number of anilines is 1. The van der Waals surface area contributed by atoms with Gasteiger partial charge in [-0.15, -0.1) is 0 Å². The highest BCUT2D eigenvalue weighted by molar-refractivity contribution is 5.97. The summed E-state index contributed by atoms with van der Waals surface area (Å²) in [5.74, 6) is 0. The van der Waals surface area contributed by atoms with Crippen LogP contribution in [0.5, 0.6) is 0 Å². The number of benzene rings is 2. The topological polar surface area (TPSA) is 19.0 Å². The van der Waals surface area contributed by atoms with Gasteiger partial charge in [-0.25, -0.2) is 0 Å². The number of nitrogens with zero attached hydrogens (tertiary/aromatic N) is 1. The molecule has 1 aliphatic rings. The van der Waals surface area contributed by atoms with Gasteiger partial charge in [0.25, 0.3) is 0 Å². The lowest BCUT2D eigenvalue weighted by atomic mass is 10.1. The summed E-state index contributed by atoms with van der Waals surface area (Å²) in [4.78, 5) is 6.11. The molecule has 0 atom stereocenters. The van der Waals surface area contributed by atoms with Crippen molar-refractivity contribution in [1.82, 2.24) is 4.98 Å². The third kappa shape index (κ3) is 1.80. The Morgan fingerprint density at radius 3 is 2.64 bits per heavy atom. The van der Waals surface area contributed by atoms with Gasteiger partial charge in [-0.2, -0.15) is 0 Å². The monoisotopic (exact) mass is 290 g/mol. The second-order valence-electron chi connectivity index (χ2n) is 6.17. The van der Waals surface area contributed by atoms with Gasteiger partial charge >= 0.3 is 0 Å². The van der Waals surface area contributed by atoms with Crippen molar-refractivity contribution in [3.63, 3.8) is 0 Å². The third-order valence-corrected chi connectivity index (χ3v) is 4.98. The van der Waals surface area contributed by atoms with E-state index in [1.54, 1.807) is 0 Å². The van der Waals surface area contributed by atoms with Crippen LogP contribution in [0.4, 0.5) is 5.69 Å². The fourth-order valence-corrected chi connectivity index (χ4v) is 3.80. The quantitative estimate of drug-likeness (QED) is 0.569. The molecule has 0 spiro atoms. The van der Waals surface area contributed by atoms with E-state index in [0.29, 0.717) is 0 Å². The molecule has 0 fully saturated rings. The fourth-order valence-electron chi connectivity index (χ4n) is 3.80. The van der Waals surface area contributed by atoms with Crippen LogP contribution >= 0.6 is 0 Å². The molecule has 1 heterocycles. The van der Waals surface area contributed by atoms with Crippen LogP contribution in [0.15, 0.2) is 36.4 Å². The minimum absolute atomic E-state index is 1.05. The summed E-state index contributed by atoms with van der Waals surface area (Å²) < 4.78 is 0. The highest BCUT2D eigenvalue weighted by Crippen LogP contribution is 2.42. The highest BCUT2D eigenvalue weighted by Gasteiger charge is 2.23. The van der Waals surface area contributed by atoms with Gasteiger partial charge < -0.3 is 9.88 Å². The number of fused-ring (bicyclic) bond motifs is 5. The van der Waals surface area contributed by atoms with E-state index in [-0.39, 0.29) is 0 Å². The largest absolute Gasteiger partial charge is 0.372 e. The van der Waals surface area contributed by atoms with Crippen molar-refractivity contribution in [3.8, 4) is 11.3 Å². The van der Waals surface area contributed by atoms with Gasteiger partial charge in [0.2, 0.25) is 0 Å². The minimum atomic E-state index is 1.05. The molecule has 3 aromatic rings. The van der Waals surface area contributed by atoms with Crippen LogP contribution < -0.4 is 4.90 Å². The Morgan fingerprint density at radius 2 is 1.86 bits per heavy atom. The van der Waals surface area contributed by atoms with Crippen molar-refractivity contribution in [1.29, 1.82) is 0 Å². The number of aryl methyl sites for hydroxylation is 1. The zero-order valence-corrected chi connectivity index (χ0v) is 13.5. The fraction of sp³-hybridized carbons (Fsp3) is 0.300. The number of aromatic nitrogens is 1. The number of hydrogen-bond donors (Lipinski definition) is 1. The van der Waals surface area contributed by atoms with E-state index >= 15 is 0 Å². The second kappa shape index (κ2) is 4.91. The van der Waals surface area contributed by atoms with Crippen LogP contribution in [0.25, 0.3) is 22.2 Å². The maximum atomic E-state index is 3.68. The summed E-state index contributed by atoms with van der Waals surface area (Å²) in [6, 6.07) is 13.4. The highest BCUT2D eigenvalue weighted by atomic mass is 15.1. The van der Waals surface area contributed by atoms with Crippen LogP contribution in [0.3, 0.4) is 0 Å². The molecule has 0 unspecified atom stereocenters. The molecule has 112 valence electrons. The van der Waals surface area contributed by atoms with Crippen molar-refractivity contribution in [2.24, 2.45) is 0 Å². The summed E-state index contributed by atoms with van der Waals surface area (Å²) in [5.41, 5.74) is 9.59. The molecule has 1 aromatic heterocycles. The summed E-state index contributed by atoms with van der Waals surface area (Å²) in [6.45, 7) is 8.76. The predicted octanol–water partition coefficient (Wildman–Crippen LogP) is 4.89. The van der Waals surface area contributed by atoms with Crippen molar-refractivity contribution in [3.05, 3.63) is 53.1 Å². The molecule has 0 saturated heterocycles. The SMILES string of the molecule is CCN(CC)c1cc(C)c2[nH]c3c(c2c1)Cc1ccccc1-3. The lowest BCUT2D eigenvalue weighted by molar-refractivity contribution is 0.866. The Bertz CT molecular complexity index is 854. The van der Waals surface area contributed by atoms with Crippen LogP contribution in [0, 0.1) is 6.92 Å². The van der Waals surface area contributed by atoms with Crippen molar-refractivity contribution >= 4 is 16.6 Å². The smallest absolute Gasteiger partial charge is 0.0503 e. The number of hydrogen-bond acceptors (Lipinski definition) is 1. The van der Waals surface area contributed by atoms with E-state index in [2.05, 4.69) is 67.1 Å². The van der Waals surface area contributed by atoms with E-state index in [4.69, 9.17) is 0 Å². The molecule has 1 N–H and O–H groups in total. The number of H-pyrrole nitrogens is 1. The predicted molar refractivity (Wildman–Crippen MR) is 94.8 cm³/mol. The van der Waals surface area contributed by atoms with Crippen molar-refractivity contribution in [2.45, 2.75) is 27.2 Å². The molecule has 2 aromatic carbocycles. The third-order valence-electron chi connectivity index (χ3n) is 4.98. The first-order chi connectivity index (χ1) is 10.7. The zero-order valence-electron chi connectivity index (χ0n) is 13.5. The molecule has 2 nitrogen and oxygen atoms in total. The van der Waals surface area contributed by atoms with Gasteiger partial charge in [0.15, 0.2) is 0 Å². The van der Waals surface area contributed by atoms with E-state index < -0.39 is 0 Å². The number of nitrogens with one attached hydrogen (secondary N) is 1. The van der Waals surface area contributed by atoms with Gasteiger partial charge in [-0.1, -0.05) is 24.3 Å². The maximum Gasteiger partial charge on any atom is 0.0503 e. The molecule has 22 heavy (non-hydrogen) atoms. The number of aromatic amines is 1. The van der Waals surface area contributed by atoms with E-state index in [1.165, 1.54) is 44.5 Å². The summed E-state index contributed by atoms with van der Waals surface area (Å²) >= 11 is 0. The summed E-state index contributed by atoms with van der Waals surface area (Å²) in [5, 5.41) is 1.40. The maximum absolute atomic E-state index is 3.68. The first kappa shape index (κ1) is 13.4. The summed E-state index contributed by atoms with van der Waals surface area (Å²) in [7, 11) is 0. The molecule has 0 bridgehead atoms. The molecule has 2 heteroatoms. The minimum Gasteiger partial charge on any atom is -0.372 e. The normalized spacial score (nSPS) is 12.5. The standard InChI is InChI=1S/C20H22N2/c1-4-22(5-2)15-10-13(3)19-18(12-15)17-11-14-8-6-7-9-16(14)20(17)21-19/h6-10,12,21H,4-5,11H2,1-3H3. The molecular formula is C20H22N2. The van der Waals surface area contributed by atoms with Crippen LogP contribution in [-0.2, 0) is 6.42 Å². The first-order valence-corrected chi connectivity index (χ1v) is 8.21. The molecule has 4 rings (SSSR count). The van der Waals surface area contributed by atoms with E-state index in [9.17, 15) is 0 Å². The average molecular weight is 290 g/mol. The first-order valence-electron chi connectivity index (χ1n) is 8.21. The van der Waals surface area contributed by atoms with Gasteiger partial charge in [0.1, 0.15) is 0 Å². The second-order valence-corrected chi connectivity index (χ2v) is 6.17. The van der Waals surface area contributed by atoms with Crippen LogP contribution in [0.1, 0.15) is 30.5 Å². The van der Waals surface area contributed by atoms with Crippen LogP contribution in [-0.4, -0.2) is 18.1 Å². The number of rotatable bonds is 3. The Morgan fingerprint density at radius 1 is 1.09 bits per heavy atom. The lowest BCUT2D eigenvalue weighted by Gasteiger charge is -2.22. The van der Waals surface area contributed by atoms with Crippen LogP contribution in [0.2, 0.25) is 0 Å². The molecule has 0 radical (unpaired) electrons. The molecule has 0 saturated carbocycles. The van der Waals surface area contributed by atoms with Crippen molar-refractivity contribution < 1.29 is 0 Å². The molecule has 0 amide bonds. The van der Waals surface area contributed by atoms with E-state index in [0.717, 1.165) is 19.5 Å². The van der Waals surface area contributed by atoms with Gasteiger partial charge in [0, 0.05) is 41.7 Å². The van der Waals surface area contributed by atoms with Crippen molar-refractivity contribution in [2.75, 3.05) is 18.0 Å². The summed E-state index contributed by atoms with van der Waals surface area (Å²) in [6.07, 6.45) is 1.05. The zero-order chi connectivity index (χ0) is 15.3. The Balaban J connectivity index is 1.95. The van der Waals surface area contributed by atoms with E-state index in [1.807, 2.05) is 0 Å². The molecule has 0 aliphatic heterocycles.